The Kier molecular flexibility index (Phi) is 3.30. The van der Waals surface area contributed by atoms with Gasteiger partial charge in [0.25, 0.3) is 5.56 Å². The number of nitrogens with zero attached hydrogens (tertiary/aromatic N) is 1. The predicted molar refractivity (Wildman–Crippen MR) is 67.7 cm³/mol. The van der Waals surface area contributed by atoms with Gasteiger partial charge in [0, 0.05) is 12.3 Å². The van der Waals surface area contributed by atoms with Crippen LogP contribution in [0.15, 0.2) is 23.1 Å². The van der Waals surface area contributed by atoms with Crippen LogP contribution in [-0.4, -0.2) is 22.9 Å². The average molecular weight is 271 g/mol. The molecule has 0 spiro atoms. The van der Waals surface area contributed by atoms with Gasteiger partial charge < -0.3 is 9.31 Å². The Hall–Kier alpha value is -1.21. The van der Waals surface area contributed by atoms with Crippen LogP contribution < -0.4 is 11.0 Å². The van der Waals surface area contributed by atoms with Crippen LogP contribution >= 0.6 is 0 Å². The molecule has 4 nitrogen and oxygen atoms in total. The van der Waals surface area contributed by atoms with Gasteiger partial charge in [-0.05, 0) is 33.2 Å². The number of halogens is 2. The Labute approximate surface area is 110 Å². The highest BCUT2D eigenvalue weighted by Crippen LogP contribution is 2.36. The van der Waals surface area contributed by atoms with E-state index in [1.54, 1.807) is 0 Å². The fourth-order valence-electron chi connectivity index (χ4n) is 1.79. The van der Waals surface area contributed by atoms with E-state index in [2.05, 4.69) is 0 Å². The van der Waals surface area contributed by atoms with Gasteiger partial charge in [-0.15, -0.1) is 0 Å². The molecule has 0 radical (unpaired) electrons. The Balaban J connectivity index is 2.35. The van der Waals surface area contributed by atoms with E-state index >= 15 is 0 Å². The summed E-state index contributed by atoms with van der Waals surface area (Å²) in [6, 6.07) is 2.54. The molecule has 0 bridgehead atoms. The molecule has 1 aliphatic heterocycles. The van der Waals surface area contributed by atoms with Crippen molar-refractivity contribution in [2.75, 3.05) is 0 Å². The van der Waals surface area contributed by atoms with Crippen molar-refractivity contribution in [1.29, 1.82) is 0 Å². The summed E-state index contributed by atoms with van der Waals surface area (Å²) in [6.07, 6.45) is 1.08. The summed E-state index contributed by atoms with van der Waals surface area (Å²) in [6.45, 7) is 4.60. The van der Waals surface area contributed by atoms with E-state index in [0.29, 0.717) is 10.0 Å². The highest BCUT2D eigenvalue weighted by Gasteiger charge is 2.51. The van der Waals surface area contributed by atoms with Gasteiger partial charge in [-0.1, -0.05) is 6.07 Å². The zero-order valence-electron chi connectivity index (χ0n) is 11.3. The lowest BCUT2D eigenvalue weighted by Gasteiger charge is -2.32. The van der Waals surface area contributed by atoms with Crippen molar-refractivity contribution >= 4 is 12.6 Å². The van der Waals surface area contributed by atoms with Gasteiger partial charge in [0.15, 0.2) is 0 Å². The minimum Gasteiger partial charge on any atom is -0.399 e. The third kappa shape index (κ3) is 2.44. The maximum Gasteiger partial charge on any atom is 0.496 e. The van der Waals surface area contributed by atoms with E-state index in [4.69, 9.17) is 9.31 Å². The van der Waals surface area contributed by atoms with Crippen molar-refractivity contribution in [3.63, 3.8) is 0 Å². The second-order valence-electron chi connectivity index (χ2n) is 5.57. The van der Waals surface area contributed by atoms with Gasteiger partial charge in [-0.2, -0.15) is 8.78 Å². The van der Waals surface area contributed by atoms with Crippen LogP contribution in [-0.2, 0) is 9.31 Å². The molecule has 1 aliphatic rings. The summed E-state index contributed by atoms with van der Waals surface area (Å²) >= 11 is 0. The molecule has 1 saturated heterocycles. The fourth-order valence-corrected chi connectivity index (χ4v) is 1.79. The van der Waals surface area contributed by atoms with Gasteiger partial charge in [0.05, 0.1) is 11.2 Å². The molecule has 104 valence electrons. The summed E-state index contributed by atoms with van der Waals surface area (Å²) in [5.74, 6) is 0. The van der Waals surface area contributed by atoms with Crippen LogP contribution in [0, 0.1) is 0 Å². The Morgan fingerprint density at radius 2 is 1.68 bits per heavy atom. The molecule has 0 N–H and O–H groups in total. The molecule has 7 heteroatoms. The first kappa shape index (κ1) is 14.2. The summed E-state index contributed by atoms with van der Waals surface area (Å²) in [5, 5.41) is 0. The van der Waals surface area contributed by atoms with Crippen LogP contribution in [0.1, 0.15) is 34.2 Å². The SMILES string of the molecule is CC1(C)OB(c2ccc(=O)n(C(F)F)c2)OC1(C)C. The largest absolute Gasteiger partial charge is 0.496 e. The maximum atomic E-state index is 12.7. The van der Waals surface area contributed by atoms with Crippen molar-refractivity contribution in [3.05, 3.63) is 28.7 Å². The standard InChI is InChI=1S/C12H16BF2NO3/c1-11(2)12(3,4)19-13(18-11)8-5-6-9(17)16(7-8)10(14)15/h5-7,10H,1-4H3. The fraction of sp³-hybridized carbons (Fsp3) is 0.583. The van der Waals surface area contributed by atoms with Crippen molar-refractivity contribution < 1.29 is 18.1 Å². The number of hydrogen-bond acceptors (Lipinski definition) is 3. The van der Waals surface area contributed by atoms with Crippen LogP contribution in [0.2, 0.25) is 0 Å². The van der Waals surface area contributed by atoms with E-state index in [0.717, 1.165) is 12.3 Å². The van der Waals surface area contributed by atoms with E-state index in [1.165, 1.54) is 6.07 Å². The molecule has 0 amide bonds. The number of pyridine rings is 1. The Bertz CT molecular complexity index is 526. The summed E-state index contributed by atoms with van der Waals surface area (Å²) < 4.78 is 37.2. The smallest absolute Gasteiger partial charge is 0.399 e. The van der Waals surface area contributed by atoms with Gasteiger partial charge in [0.1, 0.15) is 0 Å². The Morgan fingerprint density at radius 1 is 1.16 bits per heavy atom. The predicted octanol–water partition coefficient (Wildman–Crippen LogP) is 1.54. The van der Waals surface area contributed by atoms with Gasteiger partial charge >= 0.3 is 13.7 Å². The average Bonchev–Trinajstić information content (AvgIpc) is 2.48. The molecule has 1 fully saturated rings. The summed E-state index contributed by atoms with van der Waals surface area (Å²) in [5.41, 5.74) is -1.46. The normalized spacial score (nSPS) is 21.1. The zero-order valence-corrected chi connectivity index (χ0v) is 11.3. The van der Waals surface area contributed by atoms with Crippen molar-refractivity contribution in [2.45, 2.75) is 45.4 Å². The van der Waals surface area contributed by atoms with Gasteiger partial charge in [0.2, 0.25) is 0 Å². The van der Waals surface area contributed by atoms with Crippen molar-refractivity contribution in [2.24, 2.45) is 0 Å². The van der Waals surface area contributed by atoms with Crippen LogP contribution in [0.25, 0.3) is 0 Å². The molecule has 2 heterocycles. The second-order valence-corrected chi connectivity index (χ2v) is 5.57. The first-order valence-electron chi connectivity index (χ1n) is 6.00. The monoisotopic (exact) mass is 271 g/mol. The first-order valence-corrected chi connectivity index (χ1v) is 6.00. The van der Waals surface area contributed by atoms with Crippen LogP contribution in [0.3, 0.4) is 0 Å². The highest BCUT2D eigenvalue weighted by molar-refractivity contribution is 6.62. The zero-order chi connectivity index (χ0) is 14.4. The van der Waals surface area contributed by atoms with E-state index < -0.39 is 30.4 Å². The van der Waals surface area contributed by atoms with Gasteiger partial charge in [-0.3, -0.25) is 9.36 Å². The van der Waals surface area contributed by atoms with E-state index in [9.17, 15) is 13.6 Å². The summed E-state index contributed by atoms with van der Waals surface area (Å²) in [4.78, 5) is 11.3. The third-order valence-electron chi connectivity index (χ3n) is 3.70. The maximum absolute atomic E-state index is 12.7. The van der Waals surface area contributed by atoms with Crippen molar-refractivity contribution in [3.8, 4) is 0 Å². The molecule has 0 aromatic carbocycles. The quantitative estimate of drug-likeness (QED) is 0.766. The molecular weight excluding hydrogens is 255 g/mol. The number of alkyl halides is 2. The van der Waals surface area contributed by atoms with E-state index in [1.807, 2.05) is 27.7 Å². The molecule has 2 rings (SSSR count). The molecule has 1 aromatic heterocycles. The molecular formula is C12H16BF2NO3. The van der Waals surface area contributed by atoms with Crippen LogP contribution in [0.5, 0.6) is 0 Å². The lowest BCUT2D eigenvalue weighted by molar-refractivity contribution is 0.00578. The number of aromatic nitrogens is 1. The lowest BCUT2D eigenvalue weighted by Crippen LogP contribution is -2.41. The minimum atomic E-state index is -2.88. The van der Waals surface area contributed by atoms with Crippen LogP contribution in [0.4, 0.5) is 8.78 Å². The number of rotatable bonds is 2. The molecule has 0 aliphatic carbocycles. The lowest BCUT2D eigenvalue weighted by atomic mass is 9.80. The Morgan fingerprint density at radius 3 is 2.16 bits per heavy atom. The third-order valence-corrected chi connectivity index (χ3v) is 3.70. The summed E-state index contributed by atoms with van der Waals surface area (Å²) in [7, 11) is -0.754. The molecule has 19 heavy (non-hydrogen) atoms. The minimum absolute atomic E-state index is 0.361. The van der Waals surface area contributed by atoms with E-state index in [-0.39, 0.29) is 0 Å². The molecule has 0 saturated carbocycles. The first-order chi connectivity index (χ1) is 8.64. The van der Waals surface area contributed by atoms with Crippen molar-refractivity contribution in [1.82, 2.24) is 4.57 Å². The molecule has 0 atom stereocenters. The topological polar surface area (TPSA) is 40.5 Å². The second kappa shape index (κ2) is 4.42. The highest BCUT2D eigenvalue weighted by atomic mass is 19.3. The van der Waals surface area contributed by atoms with Gasteiger partial charge in [-0.25, -0.2) is 0 Å². The molecule has 0 unspecified atom stereocenters. The molecule has 1 aromatic rings. The number of hydrogen-bond donors (Lipinski definition) is 0.